The monoisotopic (exact) mass is 414 g/mol. The number of fused-ring (bicyclic) bond motifs is 1. The standard InChI is InChI=1S/C19H26N4O2.2ClH/c1-12-11-23-8-2-3-16(18(23)21-12)19(25)22-17(14-9-15(24)10-14)13-4-6-20-7-5-13;;/h2-3,8,11,13-15,17,20,24H,4-7,9-10H2,1H3,(H,22,25);2*1H. The van der Waals surface area contributed by atoms with Crippen molar-refractivity contribution < 1.29 is 9.90 Å². The van der Waals surface area contributed by atoms with Gasteiger partial charge in [-0.15, -0.1) is 24.8 Å². The summed E-state index contributed by atoms with van der Waals surface area (Å²) in [5.41, 5.74) is 2.22. The number of pyridine rings is 1. The van der Waals surface area contributed by atoms with Crippen molar-refractivity contribution in [1.29, 1.82) is 0 Å². The van der Waals surface area contributed by atoms with Crippen LogP contribution in [0.2, 0.25) is 0 Å². The predicted molar refractivity (Wildman–Crippen MR) is 110 cm³/mol. The average molecular weight is 415 g/mol. The molecule has 1 atom stereocenters. The van der Waals surface area contributed by atoms with E-state index in [-0.39, 0.29) is 42.9 Å². The van der Waals surface area contributed by atoms with E-state index in [0.717, 1.165) is 44.5 Å². The van der Waals surface area contributed by atoms with Gasteiger partial charge in [0.2, 0.25) is 0 Å². The SMILES string of the molecule is Cc1cn2cccc(C(=O)NC(C3CCNCC3)C3CC(O)C3)c2n1.Cl.Cl. The number of nitrogens with one attached hydrogen (secondary N) is 2. The minimum Gasteiger partial charge on any atom is -0.393 e. The normalized spacial score (nSPS) is 23.6. The fourth-order valence-electron chi connectivity index (χ4n) is 4.29. The number of hydrogen-bond donors (Lipinski definition) is 3. The molecule has 1 saturated carbocycles. The highest BCUT2D eigenvalue weighted by Gasteiger charge is 2.39. The number of hydrogen-bond acceptors (Lipinski definition) is 4. The first kappa shape index (κ1) is 22.0. The van der Waals surface area contributed by atoms with Crippen molar-refractivity contribution in [3.05, 3.63) is 35.8 Å². The smallest absolute Gasteiger partial charge is 0.255 e. The van der Waals surface area contributed by atoms with Crippen LogP contribution in [0.5, 0.6) is 0 Å². The second kappa shape index (κ2) is 9.24. The molecule has 2 aromatic rings. The number of piperidine rings is 1. The Kier molecular flexibility index (Phi) is 7.51. The second-order valence-electron chi connectivity index (χ2n) is 7.51. The number of aryl methyl sites for hydroxylation is 1. The van der Waals surface area contributed by atoms with Crippen molar-refractivity contribution in [2.24, 2.45) is 11.8 Å². The Hall–Kier alpha value is -1.34. The highest BCUT2D eigenvalue weighted by atomic mass is 35.5. The molecule has 27 heavy (non-hydrogen) atoms. The zero-order valence-corrected chi connectivity index (χ0v) is 17.1. The van der Waals surface area contributed by atoms with Crippen LogP contribution in [0.15, 0.2) is 24.5 Å². The molecule has 4 rings (SSSR count). The maximum Gasteiger partial charge on any atom is 0.255 e. The third-order valence-corrected chi connectivity index (χ3v) is 5.69. The molecule has 3 heterocycles. The van der Waals surface area contributed by atoms with Crippen molar-refractivity contribution in [3.63, 3.8) is 0 Å². The van der Waals surface area contributed by atoms with Crippen LogP contribution in [0.4, 0.5) is 0 Å². The van der Waals surface area contributed by atoms with Gasteiger partial charge in [-0.3, -0.25) is 4.79 Å². The Morgan fingerprint density at radius 3 is 2.67 bits per heavy atom. The van der Waals surface area contributed by atoms with E-state index < -0.39 is 0 Å². The van der Waals surface area contributed by atoms with Gasteiger partial charge in [0.05, 0.1) is 17.4 Å². The molecule has 8 heteroatoms. The summed E-state index contributed by atoms with van der Waals surface area (Å²) >= 11 is 0. The van der Waals surface area contributed by atoms with Gasteiger partial charge < -0.3 is 20.1 Å². The lowest BCUT2D eigenvalue weighted by Crippen LogP contribution is -2.52. The first-order valence-electron chi connectivity index (χ1n) is 9.26. The Bertz CT molecular complexity index is 770. The molecule has 0 aromatic carbocycles. The lowest BCUT2D eigenvalue weighted by atomic mass is 9.71. The molecule has 0 radical (unpaired) electrons. The van der Waals surface area contributed by atoms with Crippen molar-refractivity contribution in [3.8, 4) is 0 Å². The number of carbonyl (C=O) groups is 1. The molecule has 0 bridgehead atoms. The van der Waals surface area contributed by atoms with Crippen molar-refractivity contribution in [2.45, 2.75) is 44.8 Å². The molecular weight excluding hydrogens is 387 g/mol. The summed E-state index contributed by atoms with van der Waals surface area (Å²) in [4.78, 5) is 17.5. The van der Waals surface area contributed by atoms with E-state index in [2.05, 4.69) is 15.6 Å². The van der Waals surface area contributed by atoms with Crippen LogP contribution in [-0.2, 0) is 0 Å². The van der Waals surface area contributed by atoms with Crippen molar-refractivity contribution in [2.75, 3.05) is 13.1 Å². The Labute approximate surface area is 171 Å². The third-order valence-electron chi connectivity index (χ3n) is 5.69. The van der Waals surface area contributed by atoms with Gasteiger partial charge in [0.1, 0.15) is 5.65 Å². The summed E-state index contributed by atoms with van der Waals surface area (Å²) in [6.07, 6.45) is 7.37. The largest absolute Gasteiger partial charge is 0.393 e. The molecule has 1 aliphatic carbocycles. The van der Waals surface area contributed by atoms with E-state index in [4.69, 9.17) is 0 Å². The number of nitrogens with zero attached hydrogens (tertiary/aromatic N) is 2. The van der Waals surface area contributed by atoms with E-state index in [0.29, 0.717) is 23.0 Å². The number of aliphatic hydroxyl groups is 1. The van der Waals surface area contributed by atoms with Crippen LogP contribution in [0, 0.1) is 18.8 Å². The predicted octanol–water partition coefficient (Wildman–Crippen LogP) is 2.36. The van der Waals surface area contributed by atoms with Gasteiger partial charge in [0.25, 0.3) is 5.91 Å². The van der Waals surface area contributed by atoms with Gasteiger partial charge in [-0.2, -0.15) is 0 Å². The second-order valence-corrected chi connectivity index (χ2v) is 7.51. The van der Waals surface area contributed by atoms with Gasteiger partial charge >= 0.3 is 0 Å². The molecule has 1 amide bonds. The maximum absolute atomic E-state index is 13.0. The van der Waals surface area contributed by atoms with Gasteiger partial charge in [-0.25, -0.2) is 4.98 Å². The minimum absolute atomic E-state index is 0. The van der Waals surface area contributed by atoms with Gasteiger partial charge in [0, 0.05) is 18.4 Å². The van der Waals surface area contributed by atoms with Crippen LogP contribution in [0.3, 0.4) is 0 Å². The first-order chi connectivity index (χ1) is 12.1. The first-order valence-corrected chi connectivity index (χ1v) is 9.26. The van der Waals surface area contributed by atoms with Gasteiger partial charge in [0.15, 0.2) is 0 Å². The topological polar surface area (TPSA) is 78.7 Å². The quantitative estimate of drug-likeness (QED) is 0.717. The summed E-state index contributed by atoms with van der Waals surface area (Å²) in [6, 6.07) is 3.86. The fraction of sp³-hybridized carbons (Fsp3) is 0.579. The van der Waals surface area contributed by atoms with Crippen LogP contribution in [-0.4, -0.2) is 45.6 Å². The van der Waals surface area contributed by atoms with E-state index in [1.165, 1.54) is 0 Å². The highest BCUT2D eigenvalue weighted by Crippen LogP contribution is 2.36. The number of aliphatic hydroxyl groups excluding tert-OH is 1. The van der Waals surface area contributed by atoms with Gasteiger partial charge in [-0.1, -0.05) is 0 Å². The minimum atomic E-state index is -0.204. The van der Waals surface area contributed by atoms with Crippen molar-refractivity contribution in [1.82, 2.24) is 20.0 Å². The Balaban J connectivity index is 0.00000131. The number of rotatable bonds is 4. The molecule has 0 spiro atoms. The molecule has 1 unspecified atom stereocenters. The summed E-state index contributed by atoms with van der Waals surface area (Å²) in [5, 5.41) is 16.4. The molecule has 1 aliphatic heterocycles. The fourth-order valence-corrected chi connectivity index (χ4v) is 4.29. The zero-order valence-electron chi connectivity index (χ0n) is 15.4. The van der Waals surface area contributed by atoms with Crippen LogP contribution in [0.1, 0.15) is 41.7 Å². The summed E-state index contributed by atoms with van der Waals surface area (Å²) < 4.78 is 1.90. The number of halogens is 2. The third kappa shape index (κ3) is 4.57. The molecule has 2 aliphatic rings. The van der Waals surface area contributed by atoms with E-state index >= 15 is 0 Å². The number of amides is 1. The van der Waals surface area contributed by atoms with Crippen molar-refractivity contribution >= 4 is 36.4 Å². The lowest BCUT2D eigenvalue weighted by molar-refractivity contribution is 0.00920. The van der Waals surface area contributed by atoms with E-state index in [9.17, 15) is 9.90 Å². The number of imidazole rings is 1. The molecular formula is C19H28Cl2N4O2. The summed E-state index contributed by atoms with van der Waals surface area (Å²) in [5.74, 6) is 0.799. The average Bonchev–Trinajstić information content (AvgIpc) is 2.98. The molecule has 2 aromatic heterocycles. The number of carbonyl (C=O) groups excluding carboxylic acids is 1. The summed E-state index contributed by atoms with van der Waals surface area (Å²) in [6.45, 7) is 3.94. The molecule has 3 N–H and O–H groups in total. The summed E-state index contributed by atoms with van der Waals surface area (Å²) in [7, 11) is 0. The Morgan fingerprint density at radius 2 is 2.00 bits per heavy atom. The maximum atomic E-state index is 13.0. The van der Waals surface area contributed by atoms with E-state index in [1.807, 2.05) is 35.9 Å². The lowest BCUT2D eigenvalue weighted by Gasteiger charge is -2.43. The number of aromatic nitrogens is 2. The van der Waals surface area contributed by atoms with Gasteiger partial charge in [-0.05, 0) is 69.7 Å². The van der Waals surface area contributed by atoms with Crippen LogP contribution < -0.4 is 10.6 Å². The molecule has 1 saturated heterocycles. The Morgan fingerprint density at radius 1 is 1.30 bits per heavy atom. The molecule has 150 valence electrons. The molecule has 2 fully saturated rings. The highest BCUT2D eigenvalue weighted by molar-refractivity contribution is 6.00. The van der Waals surface area contributed by atoms with Crippen LogP contribution in [0.25, 0.3) is 5.65 Å². The molecule has 6 nitrogen and oxygen atoms in total. The van der Waals surface area contributed by atoms with E-state index in [1.54, 1.807) is 0 Å². The van der Waals surface area contributed by atoms with Crippen LogP contribution >= 0.6 is 24.8 Å². The zero-order chi connectivity index (χ0) is 17.4.